The van der Waals surface area contributed by atoms with E-state index in [0.29, 0.717) is 4.47 Å². The Balaban J connectivity index is 2.30. The number of benzene rings is 1. The molecule has 0 unspecified atom stereocenters. The number of rotatable bonds is 2. The maximum atomic E-state index is 13.2. The van der Waals surface area contributed by atoms with Crippen molar-refractivity contribution in [3.05, 3.63) is 44.3 Å². The van der Waals surface area contributed by atoms with Crippen LogP contribution in [0.5, 0.6) is 11.8 Å². The van der Waals surface area contributed by atoms with E-state index in [4.69, 9.17) is 16.3 Å². The SMILES string of the molecule is Fc1cc(Oc2ncc(Br)cn2)c(Br)cc1Cl. The maximum absolute atomic E-state index is 13.2. The molecule has 88 valence electrons. The van der Waals surface area contributed by atoms with E-state index in [-0.39, 0.29) is 16.8 Å². The molecule has 0 saturated carbocycles. The molecule has 0 bridgehead atoms. The number of nitrogens with zero attached hydrogens (tertiary/aromatic N) is 2. The minimum Gasteiger partial charge on any atom is -0.423 e. The first-order valence-electron chi connectivity index (χ1n) is 4.36. The Labute approximate surface area is 118 Å². The first kappa shape index (κ1) is 12.7. The van der Waals surface area contributed by atoms with Crippen molar-refractivity contribution in [3.63, 3.8) is 0 Å². The normalized spacial score (nSPS) is 10.4. The van der Waals surface area contributed by atoms with Crippen LogP contribution >= 0.6 is 43.5 Å². The third-order valence-corrected chi connectivity index (χ3v) is 3.09. The zero-order chi connectivity index (χ0) is 12.4. The van der Waals surface area contributed by atoms with Crippen LogP contribution in [0.3, 0.4) is 0 Å². The molecule has 0 N–H and O–H groups in total. The molecular weight excluding hydrogens is 378 g/mol. The Morgan fingerprint density at radius 1 is 1.18 bits per heavy atom. The number of hydrogen-bond acceptors (Lipinski definition) is 3. The lowest BCUT2D eigenvalue weighted by Crippen LogP contribution is -1.92. The summed E-state index contributed by atoms with van der Waals surface area (Å²) in [6.07, 6.45) is 3.06. The van der Waals surface area contributed by atoms with Gasteiger partial charge in [-0.2, -0.15) is 0 Å². The van der Waals surface area contributed by atoms with Gasteiger partial charge in [0, 0.05) is 18.5 Å². The van der Waals surface area contributed by atoms with Crippen molar-refractivity contribution >= 4 is 43.5 Å². The summed E-state index contributed by atoms with van der Waals surface area (Å²) in [6, 6.07) is 2.69. The summed E-state index contributed by atoms with van der Waals surface area (Å²) in [7, 11) is 0. The third-order valence-electron chi connectivity index (χ3n) is 1.77. The Bertz CT molecular complexity index is 551. The first-order chi connectivity index (χ1) is 8.06. The summed E-state index contributed by atoms with van der Waals surface area (Å²) < 4.78 is 19.8. The van der Waals surface area contributed by atoms with E-state index >= 15 is 0 Å². The van der Waals surface area contributed by atoms with Crippen LogP contribution in [0, 0.1) is 5.82 Å². The van der Waals surface area contributed by atoms with Crippen molar-refractivity contribution in [2.45, 2.75) is 0 Å². The van der Waals surface area contributed by atoms with Gasteiger partial charge in [-0.25, -0.2) is 14.4 Å². The van der Waals surface area contributed by atoms with Gasteiger partial charge in [0.1, 0.15) is 11.6 Å². The highest BCUT2D eigenvalue weighted by Crippen LogP contribution is 2.32. The molecule has 0 aliphatic rings. The predicted molar refractivity (Wildman–Crippen MR) is 68.9 cm³/mol. The molecular formula is C10H4Br2ClFN2O. The highest BCUT2D eigenvalue weighted by atomic mass is 79.9. The second-order valence-corrected chi connectivity index (χ2v) is 5.16. The van der Waals surface area contributed by atoms with Crippen LogP contribution in [-0.4, -0.2) is 9.97 Å². The van der Waals surface area contributed by atoms with Crippen LogP contribution in [0.25, 0.3) is 0 Å². The van der Waals surface area contributed by atoms with Gasteiger partial charge in [-0.15, -0.1) is 0 Å². The molecule has 0 spiro atoms. The van der Waals surface area contributed by atoms with E-state index in [9.17, 15) is 4.39 Å². The van der Waals surface area contributed by atoms with E-state index < -0.39 is 5.82 Å². The molecule has 0 atom stereocenters. The van der Waals surface area contributed by atoms with Gasteiger partial charge in [0.15, 0.2) is 0 Å². The largest absolute Gasteiger partial charge is 0.423 e. The third kappa shape index (κ3) is 3.14. The van der Waals surface area contributed by atoms with E-state index in [1.807, 2.05) is 0 Å². The van der Waals surface area contributed by atoms with Gasteiger partial charge in [-0.1, -0.05) is 11.6 Å². The predicted octanol–water partition coefficient (Wildman–Crippen LogP) is 4.59. The standard InChI is InChI=1S/C10H4Br2ClFN2O/c11-5-3-15-10(16-4-5)17-9-2-8(14)7(13)1-6(9)12/h1-4H. The molecule has 7 heteroatoms. The zero-order valence-corrected chi connectivity index (χ0v) is 12.1. The molecule has 1 heterocycles. The fraction of sp³-hybridized carbons (Fsp3) is 0. The smallest absolute Gasteiger partial charge is 0.321 e. The minimum atomic E-state index is -0.568. The highest BCUT2D eigenvalue weighted by Gasteiger charge is 2.10. The first-order valence-corrected chi connectivity index (χ1v) is 6.32. The lowest BCUT2D eigenvalue weighted by molar-refractivity contribution is 0.435. The van der Waals surface area contributed by atoms with Gasteiger partial charge in [0.2, 0.25) is 0 Å². The lowest BCUT2D eigenvalue weighted by Gasteiger charge is -2.06. The van der Waals surface area contributed by atoms with Crippen molar-refractivity contribution in [1.29, 1.82) is 0 Å². The molecule has 0 saturated heterocycles. The number of ether oxygens (including phenoxy) is 1. The van der Waals surface area contributed by atoms with E-state index in [0.717, 1.165) is 10.5 Å². The summed E-state index contributed by atoms with van der Waals surface area (Å²) in [5.74, 6) is -0.309. The van der Waals surface area contributed by atoms with Crippen LogP contribution in [0.4, 0.5) is 4.39 Å². The van der Waals surface area contributed by atoms with Crippen molar-refractivity contribution in [2.24, 2.45) is 0 Å². The molecule has 1 aromatic heterocycles. The average Bonchev–Trinajstić information content (AvgIpc) is 2.29. The topological polar surface area (TPSA) is 35.0 Å². The lowest BCUT2D eigenvalue weighted by atomic mass is 10.3. The van der Waals surface area contributed by atoms with Crippen LogP contribution in [-0.2, 0) is 0 Å². The van der Waals surface area contributed by atoms with Gasteiger partial charge >= 0.3 is 6.01 Å². The van der Waals surface area contributed by atoms with Gasteiger partial charge in [-0.05, 0) is 37.9 Å². The molecule has 0 amide bonds. The molecule has 0 radical (unpaired) electrons. The van der Waals surface area contributed by atoms with Gasteiger partial charge < -0.3 is 4.74 Å². The van der Waals surface area contributed by atoms with E-state index in [2.05, 4.69) is 41.8 Å². The average molecular weight is 382 g/mol. The summed E-state index contributed by atoms with van der Waals surface area (Å²) in [6.45, 7) is 0. The maximum Gasteiger partial charge on any atom is 0.321 e. The number of halogens is 4. The monoisotopic (exact) mass is 380 g/mol. The Morgan fingerprint density at radius 2 is 1.82 bits per heavy atom. The molecule has 1 aromatic carbocycles. The highest BCUT2D eigenvalue weighted by molar-refractivity contribution is 9.10. The Hall–Kier alpha value is -0.720. The van der Waals surface area contributed by atoms with Crippen molar-refractivity contribution in [1.82, 2.24) is 9.97 Å². The second-order valence-electron chi connectivity index (χ2n) is 2.98. The van der Waals surface area contributed by atoms with Crippen LogP contribution < -0.4 is 4.74 Å². The van der Waals surface area contributed by atoms with E-state index in [1.165, 1.54) is 18.5 Å². The van der Waals surface area contributed by atoms with Gasteiger partial charge in [-0.3, -0.25) is 0 Å². The fourth-order valence-corrected chi connectivity index (χ4v) is 1.96. The molecule has 0 aliphatic carbocycles. The van der Waals surface area contributed by atoms with Gasteiger partial charge in [0.05, 0.1) is 14.0 Å². The van der Waals surface area contributed by atoms with Crippen LogP contribution in [0.15, 0.2) is 33.5 Å². The second kappa shape index (κ2) is 5.29. The Kier molecular flexibility index (Phi) is 3.96. The zero-order valence-electron chi connectivity index (χ0n) is 8.12. The van der Waals surface area contributed by atoms with E-state index in [1.54, 1.807) is 0 Å². The summed E-state index contributed by atoms with van der Waals surface area (Å²) >= 11 is 12.0. The molecule has 3 nitrogen and oxygen atoms in total. The van der Waals surface area contributed by atoms with Crippen molar-refractivity contribution in [2.75, 3.05) is 0 Å². The Morgan fingerprint density at radius 3 is 2.47 bits per heavy atom. The van der Waals surface area contributed by atoms with Crippen LogP contribution in [0.1, 0.15) is 0 Å². The quantitative estimate of drug-likeness (QED) is 0.713. The van der Waals surface area contributed by atoms with Crippen LogP contribution in [0.2, 0.25) is 5.02 Å². The number of hydrogen-bond donors (Lipinski definition) is 0. The number of aromatic nitrogens is 2. The summed E-state index contributed by atoms with van der Waals surface area (Å²) in [5.41, 5.74) is 0. The molecule has 2 aromatic rings. The molecule has 17 heavy (non-hydrogen) atoms. The molecule has 0 fully saturated rings. The van der Waals surface area contributed by atoms with Crippen molar-refractivity contribution < 1.29 is 9.13 Å². The molecule has 2 rings (SSSR count). The summed E-state index contributed by atoms with van der Waals surface area (Å²) in [4.78, 5) is 7.82. The minimum absolute atomic E-state index is 0.0148. The van der Waals surface area contributed by atoms with Crippen molar-refractivity contribution in [3.8, 4) is 11.8 Å². The fourth-order valence-electron chi connectivity index (χ4n) is 1.03. The molecule has 0 aliphatic heterocycles. The summed E-state index contributed by atoms with van der Waals surface area (Å²) in [5, 5.41) is 0.0148. The van der Waals surface area contributed by atoms with Gasteiger partial charge in [0.25, 0.3) is 0 Å².